The molecule has 1 amide bonds. The molecular weight excluding hydrogens is 661 g/mol. The number of carbonyl (C=O) groups is 1. The molecule has 4 aromatic rings. The molecule has 3 N–H and O–H groups in total. The number of ether oxygens (including phenoxy) is 2. The molecule has 9 nitrogen and oxygen atoms in total. The van der Waals surface area contributed by atoms with Crippen molar-refractivity contribution in [2.24, 2.45) is 0 Å². The molecule has 246 valence electrons. The Kier molecular flexibility index (Phi) is 10.5. The smallest absolute Gasteiger partial charge is 0.220 e. The highest BCUT2D eigenvalue weighted by atomic mass is 35.5. The van der Waals surface area contributed by atoms with Crippen LogP contribution in [0.3, 0.4) is 0 Å². The van der Waals surface area contributed by atoms with E-state index >= 15 is 0 Å². The van der Waals surface area contributed by atoms with E-state index in [0.29, 0.717) is 70.5 Å². The molecule has 2 aromatic heterocycles. The highest BCUT2D eigenvalue weighted by molar-refractivity contribution is 6.39. The predicted molar refractivity (Wildman–Crippen MR) is 185 cm³/mol. The summed E-state index contributed by atoms with van der Waals surface area (Å²) in [6, 6.07) is 13.5. The normalized spacial score (nSPS) is 16.2. The van der Waals surface area contributed by atoms with Crippen molar-refractivity contribution in [3.8, 4) is 45.3 Å². The Bertz CT molecular complexity index is 1790. The maximum Gasteiger partial charge on any atom is 0.220 e. The highest BCUT2D eigenvalue weighted by Crippen LogP contribution is 2.43. The highest BCUT2D eigenvalue weighted by Gasteiger charge is 2.24. The number of aliphatic hydroxyl groups is 1. The fourth-order valence-corrected chi connectivity index (χ4v) is 7.21. The van der Waals surface area contributed by atoms with Crippen molar-refractivity contribution in [3.63, 3.8) is 0 Å². The van der Waals surface area contributed by atoms with E-state index in [4.69, 9.17) is 49.3 Å². The lowest BCUT2D eigenvalue weighted by Gasteiger charge is -2.29. The van der Waals surface area contributed by atoms with E-state index in [1.54, 1.807) is 26.5 Å². The standard InChI is InChI=1S/C35H36Cl3N5O4/c1-46-30-15-21(14-20-9-11-43(12-13-44)19-27(20)30)34-33(38)24(8-10-40-34)23-4-3-5-25(32(23)37)29-16-28(36)26(35(42-29)47-2)18-39-17-22-6-7-31(45)41-22/h3-5,8,10,14-16,22,39,44H,6-7,9,11-13,17-19H2,1-2H3,(H,41,45). The van der Waals surface area contributed by atoms with Gasteiger partial charge in [-0.1, -0.05) is 53.0 Å². The lowest BCUT2D eigenvalue weighted by Crippen LogP contribution is -2.35. The van der Waals surface area contributed by atoms with Crippen LogP contribution in [0, 0.1) is 0 Å². The van der Waals surface area contributed by atoms with Gasteiger partial charge in [0.25, 0.3) is 0 Å². The average Bonchev–Trinajstić information content (AvgIpc) is 3.50. The monoisotopic (exact) mass is 695 g/mol. The summed E-state index contributed by atoms with van der Waals surface area (Å²) in [6.45, 7) is 3.36. The number of aliphatic hydroxyl groups excluding tert-OH is 1. The Balaban J connectivity index is 1.30. The molecule has 0 saturated carbocycles. The maximum atomic E-state index is 11.5. The zero-order valence-corrected chi connectivity index (χ0v) is 28.5. The number of benzene rings is 2. The van der Waals surface area contributed by atoms with Gasteiger partial charge in [-0.2, -0.15) is 0 Å². The number of β-amino-alcohol motifs (C(OH)–C–C–N with tert-alkyl or cyclic N) is 1. The van der Waals surface area contributed by atoms with Crippen molar-refractivity contribution in [1.82, 2.24) is 25.5 Å². The molecule has 1 saturated heterocycles. The van der Waals surface area contributed by atoms with E-state index in [1.807, 2.05) is 30.3 Å². The number of hydrogen-bond donors (Lipinski definition) is 3. The van der Waals surface area contributed by atoms with Gasteiger partial charge in [-0.05, 0) is 42.7 Å². The van der Waals surface area contributed by atoms with Crippen molar-refractivity contribution in [2.75, 3.05) is 40.5 Å². The van der Waals surface area contributed by atoms with Gasteiger partial charge in [0, 0.05) is 84.8 Å². The van der Waals surface area contributed by atoms with Crippen molar-refractivity contribution in [3.05, 3.63) is 80.4 Å². The quantitative estimate of drug-likeness (QED) is 0.171. The van der Waals surface area contributed by atoms with Crippen molar-refractivity contribution in [2.45, 2.75) is 38.4 Å². The molecule has 0 bridgehead atoms. The average molecular weight is 697 g/mol. The van der Waals surface area contributed by atoms with Gasteiger partial charge in [0.05, 0.1) is 47.3 Å². The summed E-state index contributed by atoms with van der Waals surface area (Å²) in [5, 5.41) is 17.1. The van der Waals surface area contributed by atoms with E-state index in [9.17, 15) is 9.90 Å². The summed E-state index contributed by atoms with van der Waals surface area (Å²) in [6.07, 6.45) is 3.91. The summed E-state index contributed by atoms with van der Waals surface area (Å²) < 4.78 is 11.4. The number of amides is 1. The number of pyridine rings is 2. The minimum atomic E-state index is 0.0766. The number of methoxy groups -OCH3 is 2. The second-order valence-corrected chi connectivity index (χ2v) is 12.8. The minimum absolute atomic E-state index is 0.0766. The predicted octanol–water partition coefficient (Wildman–Crippen LogP) is 6.17. The Morgan fingerprint density at radius 3 is 2.60 bits per heavy atom. The van der Waals surface area contributed by atoms with Crippen LogP contribution in [0.5, 0.6) is 11.6 Å². The Morgan fingerprint density at radius 2 is 1.85 bits per heavy atom. The van der Waals surface area contributed by atoms with E-state index in [2.05, 4.69) is 26.6 Å². The third-order valence-corrected chi connectivity index (χ3v) is 9.87. The van der Waals surface area contributed by atoms with Crippen molar-refractivity contribution in [1.29, 1.82) is 0 Å². The summed E-state index contributed by atoms with van der Waals surface area (Å²) in [5.74, 6) is 1.24. The fourth-order valence-electron chi connectivity index (χ4n) is 6.32. The van der Waals surface area contributed by atoms with E-state index in [-0.39, 0.29) is 18.6 Å². The van der Waals surface area contributed by atoms with E-state index < -0.39 is 0 Å². The largest absolute Gasteiger partial charge is 0.496 e. The van der Waals surface area contributed by atoms with Gasteiger partial charge in [-0.15, -0.1) is 0 Å². The van der Waals surface area contributed by atoms with E-state index in [1.165, 1.54) is 5.56 Å². The van der Waals surface area contributed by atoms with Crippen molar-refractivity contribution < 1.29 is 19.4 Å². The van der Waals surface area contributed by atoms with Crippen LogP contribution in [0.1, 0.15) is 29.5 Å². The molecule has 0 radical (unpaired) electrons. The van der Waals surface area contributed by atoms with Gasteiger partial charge in [-0.3, -0.25) is 14.7 Å². The number of halogens is 3. The molecule has 1 atom stereocenters. The molecular formula is C35H36Cl3N5O4. The molecule has 0 aliphatic carbocycles. The molecule has 1 unspecified atom stereocenters. The van der Waals surface area contributed by atoms with Crippen molar-refractivity contribution >= 4 is 40.7 Å². The first-order chi connectivity index (χ1) is 22.8. The van der Waals surface area contributed by atoms with Crippen LogP contribution >= 0.6 is 34.8 Å². The Hall–Kier alpha value is -3.44. The second kappa shape index (κ2) is 14.8. The Morgan fingerprint density at radius 1 is 1.04 bits per heavy atom. The molecule has 2 aliphatic rings. The molecule has 12 heteroatoms. The summed E-state index contributed by atoms with van der Waals surface area (Å²) >= 11 is 21.0. The third kappa shape index (κ3) is 7.06. The first-order valence-corrected chi connectivity index (χ1v) is 16.6. The summed E-state index contributed by atoms with van der Waals surface area (Å²) in [4.78, 5) is 23.2. The molecule has 0 spiro atoms. The zero-order chi connectivity index (χ0) is 33.1. The molecule has 2 aliphatic heterocycles. The number of carbonyl (C=O) groups excluding carboxylic acids is 1. The number of nitrogens with one attached hydrogen (secondary N) is 2. The number of fused-ring (bicyclic) bond motifs is 1. The fraction of sp³-hybridized carbons (Fsp3) is 0.343. The number of nitrogens with zero attached hydrogens (tertiary/aromatic N) is 3. The molecule has 4 heterocycles. The Labute approximate surface area is 289 Å². The van der Waals surface area contributed by atoms with Gasteiger partial charge >= 0.3 is 0 Å². The number of rotatable bonds is 11. The third-order valence-electron chi connectivity index (χ3n) is 8.75. The van der Waals surface area contributed by atoms with Crippen LogP contribution in [-0.4, -0.2) is 72.4 Å². The SMILES string of the molecule is COc1cc(-c2nccc(-c3cccc(-c4cc(Cl)c(CNCC5CCC(=O)N5)c(OC)n4)c3Cl)c2Cl)cc2c1CN(CCO)CC2. The first kappa shape index (κ1) is 33.5. The van der Waals surface area contributed by atoms with Crippen LogP contribution in [0.25, 0.3) is 33.6 Å². The molecule has 2 aromatic carbocycles. The lowest BCUT2D eigenvalue weighted by atomic mass is 9.94. The lowest BCUT2D eigenvalue weighted by molar-refractivity contribution is -0.119. The zero-order valence-electron chi connectivity index (χ0n) is 26.2. The van der Waals surface area contributed by atoms with Gasteiger partial charge < -0.3 is 25.2 Å². The maximum absolute atomic E-state index is 11.5. The first-order valence-electron chi connectivity index (χ1n) is 15.5. The topological polar surface area (TPSA) is 109 Å². The van der Waals surface area contributed by atoms with Crippen LogP contribution in [-0.2, 0) is 24.3 Å². The summed E-state index contributed by atoms with van der Waals surface area (Å²) in [5.41, 5.74) is 7.19. The van der Waals surface area contributed by atoms with Gasteiger partial charge in [0.1, 0.15) is 5.75 Å². The minimum Gasteiger partial charge on any atom is -0.496 e. The van der Waals surface area contributed by atoms with E-state index in [0.717, 1.165) is 53.0 Å². The van der Waals surface area contributed by atoms with Gasteiger partial charge in [-0.25, -0.2) is 4.98 Å². The van der Waals surface area contributed by atoms with Crippen LogP contribution < -0.4 is 20.1 Å². The van der Waals surface area contributed by atoms with Gasteiger partial charge in [0.2, 0.25) is 11.8 Å². The van der Waals surface area contributed by atoms with Crippen LogP contribution in [0.2, 0.25) is 15.1 Å². The summed E-state index contributed by atoms with van der Waals surface area (Å²) in [7, 11) is 3.22. The molecule has 6 rings (SSSR count). The van der Waals surface area contributed by atoms with Gasteiger partial charge in [0.15, 0.2) is 0 Å². The second-order valence-electron chi connectivity index (χ2n) is 11.7. The number of aromatic nitrogens is 2. The molecule has 47 heavy (non-hydrogen) atoms. The van der Waals surface area contributed by atoms with Crippen LogP contribution in [0.15, 0.2) is 48.7 Å². The van der Waals surface area contributed by atoms with Crippen LogP contribution in [0.4, 0.5) is 0 Å². The molecule has 1 fully saturated rings. The number of hydrogen-bond acceptors (Lipinski definition) is 8.